The molecule has 0 radical (unpaired) electrons. The van der Waals surface area contributed by atoms with Crippen LogP contribution in [0, 0.1) is 5.92 Å². The number of nitrogens with one attached hydrogen (secondary N) is 1. The van der Waals surface area contributed by atoms with Crippen LogP contribution in [0.4, 0.5) is 0 Å². The first-order chi connectivity index (χ1) is 9.72. The number of likely N-dealkylation sites (N-methyl/N-ethyl adjacent to an activating group) is 1. The monoisotopic (exact) mass is 328 g/mol. The predicted octanol–water partition coefficient (Wildman–Crippen LogP) is 3.55. The van der Waals surface area contributed by atoms with Crippen molar-refractivity contribution in [1.82, 2.24) is 10.2 Å². The van der Waals surface area contributed by atoms with Gasteiger partial charge in [0.15, 0.2) is 0 Å². The molecule has 1 fully saturated rings. The highest BCUT2D eigenvalue weighted by Gasteiger charge is 2.44. The molecule has 0 aliphatic heterocycles. The van der Waals surface area contributed by atoms with Crippen molar-refractivity contribution >= 4 is 29.1 Å². The van der Waals surface area contributed by atoms with E-state index in [-0.39, 0.29) is 23.3 Å². The Morgan fingerprint density at radius 1 is 1.33 bits per heavy atom. The summed E-state index contributed by atoms with van der Waals surface area (Å²) in [4.78, 5) is 14.3. The van der Waals surface area contributed by atoms with Gasteiger partial charge in [-0.05, 0) is 58.0 Å². The molecule has 21 heavy (non-hydrogen) atoms. The molecule has 1 N–H and O–H groups in total. The lowest BCUT2D eigenvalue weighted by molar-refractivity contribution is -0.122. The number of rotatable bonds is 5. The number of hydrogen-bond acceptors (Lipinski definition) is 2. The van der Waals surface area contributed by atoms with Crippen LogP contribution in [0.15, 0.2) is 18.2 Å². The lowest BCUT2D eigenvalue weighted by atomic mass is 10.0. The summed E-state index contributed by atoms with van der Waals surface area (Å²) < 4.78 is 0. The maximum absolute atomic E-state index is 12.2. The second-order valence-corrected chi connectivity index (χ2v) is 7.36. The summed E-state index contributed by atoms with van der Waals surface area (Å²) in [7, 11) is 4.03. The molecule has 5 heteroatoms. The van der Waals surface area contributed by atoms with Crippen molar-refractivity contribution in [2.75, 3.05) is 20.6 Å². The molecule has 2 atom stereocenters. The molecule has 1 aromatic rings. The van der Waals surface area contributed by atoms with Crippen LogP contribution in [0.25, 0.3) is 0 Å². The Bertz CT molecular complexity index is 543. The van der Waals surface area contributed by atoms with E-state index in [0.717, 1.165) is 12.0 Å². The SMILES string of the molecule is CN(C)C(C)(C)CNC(=O)[C@@H]1C[C@@H]1c1ccc(Cl)c(Cl)c1. The number of nitrogens with zero attached hydrogens (tertiary/aromatic N) is 1. The lowest BCUT2D eigenvalue weighted by Gasteiger charge is -2.32. The average Bonchev–Trinajstić information content (AvgIpc) is 3.19. The average molecular weight is 329 g/mol. The van der Waals surface area contributed by atoms with Crippen LogP contribution in [0.2, 0.25) is 10.0 Å². The largest absolute Gasteiger partial charge is 0.354 e. The Hall–Kier alpha value is -0.770. The Kier molecular flexibility index (Phi) is 4.86. The fourth-order valence-electron chi connectivity index (χ4n) is 2.19. The Morgan fingerprint density at radius 2 is 2.00 bits per heavy atom. The fourth-order valence-corrected chi connectivity index (χ4v) is 2.50. The van der Waals surface area contributed by atoms with Gasteiger partial charge in [0.2, 0.25) is 5.91 Å². The van der Waals surface area contributed by atoms with Gasteiger partial charge in [0.05, 0.1) is 10.0 Å². The molecule has 0 aromatic heterocycles. The zero-order valence-electron chi connectivity index (χ0n) is 12.9. The summed E-state index contributed by atoms with van der Waals surface area (Å²) in [6, 6.07) is 5.61. The Balaban J connectivity index is 1.91. The molecule has 1 aliphatic rings. The third-order valence-corrected chi connectivity index (χ3v) is 5.14. The van der Waals surface area contributed by atoms with Gasteiger partial charge >= 0.3 is 0 Å². The molecular weight excluding hydrogens is 307 g/mol. The van der Waals surface area contributed by atoms with Crippen molar-refractivity contribution in [3.63, 3.8) is 0 Å². The Labute approximate surface area is 136 Å². The van der Waals surface area contributed by atoms with E-state index in [4.69, 9.17) is 23.2 Å². The zero-order chi connectivity index (χ0) is 15.8. The number of hydrogen-bond donors (Lipinski definition) is 1. The highest BCUT2D eigenvalue weighted by Crippen LogP contribution is 2.48. The second-order valence-electron chi connectivity index (χ2n) is 6.55. The molecule has 1 aromatic carbocycles. The molecular formula is C16H22Cl2N2O. The summed E-state index contributed by atoms with van der Waals surface area (Å²) in [6.07, 6.45) is 0.881. The fraction of sp³-hybridized carbons (Fsp3) is 0.562. The van der Waals surface area contributed by atoms with E-state index < -0.39 is 0 Å². The summed E-state index contributed by atoms with van der Waals surface area (Å²) in [5.74, 6) is 0.448. The standard InChI is InChI=1S/C16H22Cl2N2O/c1-16(2,20(3)4)9-19-15(21)12-8-11(12)10-5-6-13(17)14(18)7-10/h5-7,11-12H,8-9H2,1-4H3,(H,19,21)/t11-,12-/m1/s1. The Morgan fingerprint density at radius 3 is 2.57 bits per heavy atom. The number of amides is 1. The van der Waals surface area contributed by atoms with E-state index in [1.807, 2.05) is 26.2 Å². The van der Waals surface area contributed by atoms with Crippen LogP contribution >= 0.6 is 23.2 Å². The van der Waals surface area contributed by atoms with E-state index in [9.17, 15) is 4.79 Å². The summed E-state index contributed by atoms with van der Waals surface area (Å²) in [5, 5.41) is 4.15. The van der Waals surface area contributed by atoms with Gasteiger partial charge in [-0.1, -0.05) is 29.3 Å². The molecule has 1 amide bonds. The van der Waals surface area contributed by atoms with Gasteiger partial charge in [-0.3, -0.25) is 4.79 Å². The third kappa shape index (κ3) is 3.91. The van der Waals surface area contributed by atoms with E-state index in [0.29, 0.717) is 16.6 Å². The van der Waals surface area contributed by atoms with Crippen LogP contribution in [-0.4, -0.2) is 37.0 Å². The first-order valence-corrected chi connectivity index (χ1v) is 7.88. The first-order valence-electron chi connectivity index (χ1n) is 7.12. The van der Waals surface area contributed by atoms with Gasteiger partial charge in [-0.2, -0.15) is 0 Å². The van der Waals surface area contributed by atoms with Crippen LogP contribution in [-0.2, 0) is 4.79 Å². The summed E-state index contributed by atoms with van der Waals surface area (Å²) in [5.41, 5.74) is 1.04. The predicted molar refractivity (Wildman–Crippen MR) is 88.1 cm³/mol. The molecule has 0 bridgehead atoms. The zero-order valence-corrected chi connectivity index (χ0v) is 14.4. The number of benzene rings is 1. The maximum atomic E-state index is 12.2. The van der Waals surface area contributed by atoms with Crippen molar-refractivity contribution in [2.24, 2.45) is 5.92 Å². The van der Waals surface area contributed by atoms with Crippen LogP contribution in [0.1, 0.15) is 31.7 Å². The minimum Gasteiger partial charge on any atom is -0.354 e. The number of carbonyl (C=O) groups is 1. The highest BCUT2D eigenvalue weighted by molar-refractivity contribution is 6.42. The minimum absolute atomic E-state index is 0.0520. The van der Waals surface area contributed by atoms with Crippen molar-refractivity contribution < 1.29 is 4.79 Å². The molecule has 0 heterocycles. The summed E-state index contributed by atoms with van der Waals surface area (Å²) >= 11 is 11.9. The molecule has 1 aliphatic carbocycles. The third-order valence-electron chi connectivity index (χ3n) is 4.40. The van der Waals surface area contributed by atoms with Gasteiger partial charge in [0, 0.05) is 18.0 Å². The van der Waals surface area contributed by atoms with E-state index >= 15 is 0 Å². The summed E-state index contributed by atoms with van der Waals surface area (Å²) in [6.45, 7) is 4.86. The van der Waals surface area contributed by atoms with Crippen LogP contribution in [0.3, 0.4) is 0 Å². The molecule has 1 saturated carbocycles. The topological polar surface area (TPSA) is 32.3 Å². The molecule has 116 valence electrons. The van der Waals surface area contributed by atoms with Crippen LogP contribution < -0.4 is 5.32 Å². The molecule has 2 rings (SSSR count). The van der Waals surface area contributed by atoms with Gasteiger partial charge < -0.3 is 10.2 Å². The highest BCUT2D eigenvalue weighted by atomic mass is 35.5. The second kappa shape index (κ2) is 6.15. The van der Waals surface area contributed by atoms with Crippen molar-refractivity contribution in [1.29, 1.82) is 0 Å². The number of carbonyl (C=O) groups excluding carboxylic acids is 1. The molecule has 0 spiro atoms. The maximum Gasteiger partial charge on any atom is 0.223 e. The first kappa shape index (κ1) is 16.6. The molecule has 0 saturated heterocycles. The number of halogens is 2. The lowest BCUT2D eigenvalue weighted by Crippen LogP contribution is -2.48. The van der Waals surface area contributed by atoms with Gasteiger partial charge in [0.1, 0.15) is 0 Å². The van der Waals surface area contributed by atoms with E-state index in [2.05, 4.69) is 24.1 Å². The van der Waals surface area contributed by atoms with Gasteiger partial charge in [-0.25, -0.2) is 0 Å². The van der Waals surface area contributed by atoms with E-state index in [1.54, 1.807) is 6.07 Å². The van der Waals surface area contributed by atoms with Crippen molar-refractivity contribution in [3.05, 3.63) is 33.8 Å². The van der Waals surface area contributed by atoms with Gasteiger partial charge in [-0.15, -0.1) is 0 Å². The van der Waals surface area contributed by atoms with Crippen molar-refractivity contribution in [3.8, 4) is 0 Å². The van der Waals surface area contributed by atoms with Crippen LogP contribution in [0.5, 0.6) is 0 Å². The smallest absolute Gasteiger partial charge is 0.223 e. The van der Waals surface area contributed by atoms with Gasteiger partial charge in [0.25, 0.3) is 0 Å². The van der Waals surface area contributed by atoms with Crippen molar-refractivity contribution in [2.45, 2.75) is 31.7 Å². The molecule has 0 unspecified atom stereocenters. The molecule has 3 nitrogen and oxygen atoms in total. The van der Waals surface area contributed by atoms with E-state index in [1.165, 1.54) is 0 Å². The quantitative estimate of drug-likeness (QED) is 0.896. The normalized spacial score (nSPS) is 21.5. The minimum atomic E-state index is -0.0520.